The third-order valence-electron chi connectivity index (χ3n) is 6.52. The molecule has 1 N–H and O–H groups in total. The molecule has 180 valence electrons. The fourth-order valence-electron chi connectivity index (χ4n) is 4.83. The zero-order valence-corrected chi connectivity index (χ0v) is 20.4. The third kappa shape index (κ3) is 3.53. The van der Waals surface area contributed by atoms with E-state index in [2.05, 4.69) is 4.98 Å². The van der Waals surface area contributed by atoms with Crippen LogP contribution >= 0.6 is 11.3 Å². The van der Waals surface area contributed by atoms with Gasteiger partial charge in [-0.2, -0.15) is 0 Å². The van der Waals surface area contributed by atoms with Crippen LogP contribution in [0.1, 0.15) is 29.7 Å². The molecule has 0 aliphatic carbocycles. The van der Waals surface area contributed by atoms with E-state index in [4.69, 9.17) is 9.47 Å². The number of thiazole rings is 1. The van der Waals surface area contributed by atoms with Gasteiger partial charge in [0.1, 0.15) is 23.4 Å². The van der Waals surface area contributed by atoms with Gasteiger partial charge in [0, 0.05) is 12.0 Å². The minimum absolute atomic E-state index is 0.0370. The predicted molar refractivity (Wildman–Crippen MR) is 138 cm³/mol. The van der Waals surface area contributed by atoms with Crippen molar-refractivity contribution in [2.45, 2.75) is 25.5 Å². The molecule has 0 spiro atoms. The number of amides is 1. The van der Waals surface area contributed by atoms with Gasteiger partial charge in [0.15, 0.2) is 5.13 Å². The number of rotatable bonds is 4. The number of ether oxygens (including phenoxy) is 2. The molecule has 1 amide bonds. The summed E-state index contributed by atoms with van der Waals surface area (Å²) in [4.78, 5) is 32.9. The van der Waals surface area contributed by atoms with Crippen molar-refractivity contribution in [1.82, 2.24) is 4.98 Å². The molecule has 0 bridgehead atoms. The van der Waals surface area contributed by atoms with Gasteiger partial charge in [-0.1, -0.05) is 41.7 Å². The zero-order valence-electron chi connectivity index (χ0n) is 19.6. The number of methoxy groups -OCH3 is 1. The van der Waals surface area contributed by atoms with Crippen LogP contribution in [0.15, 0.2) is 72.3 Å². The van der Waals surface area contributed by atoms with Gasteiger partial charge in [0.25, 0.3) is 5.78 Å². The summed E-state index contributed by atoms with van der Waals surface area (Å²) in [5.41, 5.74) is 2.86. The summed E-state index contributed by atoms with van der Waals surface area (Å²) in [5, 5.41) is 11.8. The van der Waals surface area contributed by atoms with Crippen LogP contribution in [0.4, 0.5) is 5.13 Å². The molecule has 4 aromatic rings. The Balaban J connectivity index is 1.52. The number of aliphatic hydroxyl groups is 1. The number of fused-ring (bicyclic) bond motifs is 2. The van der Waals surface area contributed by atoms with Crippen LogP contribution in [0, 0.1) is 0 Å². The van der Waals surface area contributed by atoms with E-state index in [1.807, 2.05) is 55.5 Å². The first-order valence-electron chi connectivity index (χ1n) is 11.5. The Morgan fingerprint density at radius 1 is 1.11 bits per heavy atom. The average molecular weight is 499 g/mol. The maximum atomic E-state index is 13.4. The standard InChI is InChI=1S/C28H22N2O5S/c1-15-12-18-13-17(8-11-21(18)35-15)25(31)23-24(16-6-4-3-5-7-16)30(27(33)26(23)32)28-29-20-10-9-19(34-2)14-22(20)36-28/h3-11,13-15,24,31H,12H2,1-2H3/b25-23+/t15-,24+/m0/s1. The Bertz CT molecular complexity index is 1560. The molecular formula is C28H22N2O5S. The van der Waals surface area contributed by atoms with Crippen molar-refractivity contribution in [1.29, 1.82) is 0 Å². The Hall–Kier alpha value is -4.17. The average Bonchev–Trinajstić information content (AvgIpc) is 3.55. The zero-order chi connectivity index (χ0) is 25.0. The number of carbonyl (C=O) groups excluding carboxylic acids is 2. The van der Waals surface area contributed by atoms with Crippen LogP contribution in [-0.4, -0.2) is 35.0 Å². The van der Waals surface area contributed by atoms with Crippen LogP contribution in [-0.2, 0) is 16.0 Å². The van der Waals surface area contributed by atoms with Crippen LogP contribution in [0.3, 0.4) is 0 Å². The van der Waals surface area contributed by atoms with Gasteiger partial charge in [-0.05, 0) is 54.4 Å². The first-order valence-corrected chi connectivity index (χ1v) is 12.4. The molecule has 0 radical (unpaired) electrons. The van der Waals surface area contributed by atoms with Crippen molar-refractivity contribution >= 4 is 44.1 Å². The molecule has 0 unspecified atom stereocenters. The summed E-state index contributed by atoms with van der Waals surface area (Å²) in [6.07, 6.45) is 0.757. The number of benzene rings is 3. The van der Waals surface area contributed by atoms with E-state index in [0.29, 0.717) is 33.9 Å². The van der Waals surface area contributed by atoms with Crippen molar-refractivity contribution in [2.24, 2.45) is 0 Å². The molecule has 3 heterocycles. The third-order valence-corrected chi connectivity index (χ3v) is 7.54. The molecule has 36 heavy (non-hydrogen) atoms. The van der Waals surface area contributed by atoms with Gasteiger partial charge in [-0.3, -0.25) is 14.5 Å². The second-order valence-electron chi connectivity index (χ2n) is 8.86. The molecule has 2 aliphatic heterocycles. The molecule has 1 saturated heterocycles. The van der Waals surface area contributed by atoms with Crippen LogP contribution in [0.2, 0.25) is 0 Å². The van der Waals surface area contributed by atoms with Gasteiger partial charge in [0.2, 0.25) is 0 Å². The number of hydrogen-bond donors (Lipinski definition) is 1. The molecule has 1 aromatic heterocycles. The molecule has 7 nitrogen and oxygen atoms in total. The highest BCUT2D eigenvalue weighted by atomic mass is 32.1. The van der Waals surface area contributed by atoms with E-state index in [1.165, 1.54) is 16.2 Å². The topological polar surface area (TPSA) is 89.0 Å². The van der Waals surface area contributed by atoms with Gasteiger partial charge in [0.05, 0.1) is 28.9 Å². The number of Topliss-reactive ketones (excluding diaryl/α,β-unsaturated/α-hetero) is 1. The summed E-state index contributed by atoms with van der Waals surface area (Å²) in [6, 6.07) is 19.2. The largest absolute Gasteiger partial charge is 0.507 e. The van der Waals surface area contributed by atoms with Crippen LogP contribution < -0.4 is 14.4 Å². The summed E-state index contributed by atoms with van der Waals surface area (Å²) < 4.78 is 11.9. The quantitative estimate of drug-likeness (QED) is 0.235. The smallest absolute Gasteiger partial charge is 0.301 e. The fraction of sp³-hybridized carbons (Fsp3) is 0.179. The Morgan fingerprint density at radius 3 is 2.69 bits per heavy atom. The number of ketones is 1. The lowest BCUT2D eigenvalue weighted by Crippen LogP contribution is -2.29. The maximum Gasteiger partial charge on any atom is 0.301 e. The van der Waals surface area contributed by atoms with Crippen molar-refractivity contribution in [3.8, 4) is 11.5 Å². The van der Waals surface area contributed by atoms with Crippen molar-refractivity contribution in [3.05, 3.63) is 89.0 Å². The number of nitrogens with zero attached hydrogens (tertiary/aromatic N) is 2. The molecule has 1 fully saturated rings. The first-order chi connectivity index (χ1) is 17.4. The molecular weight excluding hydrogens is 476 g/mol. The highest BCUT2D eigenvalue weighted by Crippen LogP contribution is 2.45. The minimum Gasteiger partial charge on any atom is -0.507 e. The van der Waals surface area contributed by atoms with E-state index in [0.717, 1.165) is 16.0 Å². The highest BCUT2D eigenvalue weighted by molar-refractivity contribution is 7.22. The van der Waals surface area contributed by atoms with Crippen molar-refractivity contribution in [2.75, 3.05) is 12.0 Å². The number of aromatic nitrogens is 1. The lowest BCUT2D eigenvalue weighted by Gasteiger charge is -2.23. The Kier molecular flexibility index (Phi) is 5.26. The molecule has 2 aliphatic rings. The summed E-state index contributed by atoms with van der Waals surface area (Å²) in [5.74, 6) is -0.244. The van der Waals surface area contributed by atoms with E-state index >= 15 is 0 Å². The summed E-state index contributed by atoms with van der Waals surface area (Å²) >= 11 is 1.30. The van der Waals surface area contributed by atoms with Gasteiger partial charge < -0.3 is 14.6 Å². The lowest BCUT2D eigenvalue weighted by molar-refractivity contribution is -0.132. The number of carbonyl (C=O) groups is 2. The van der Waals surface area contributed by atoms with Gasteiger partial charge >= 0.3 is 5.91 Å². The minimum atomic E-state index is -0.822. The van der Waals surface area contributed by atoms with Crippen LogP contribution in [0.25, 0.3) is 16.0 Å². The Labute approximate surface area is 211 Å². The SMILES string of the molecule is COc1ccc2nc(N3C(=O)C(=O)/C(=C(/O)c4ccc5c(c4)C[C@H](C)O5)[C@H]3c3ccccc3)sc2c1. The molecule has 8 heteroatoms. The van der Waals surface area contributed by atoms with E-state index < -0.39 is 17.7 Å². The predicted octanol–water partition coefficient (Wildman–Crippen LogP) is 5.25. The monoisotopic (exact) mass is 498 g/mol. The molecule has 3 aromatic carbocycles. The number of aliphatic hydroxyl groups excluding tert-OH is 1. The number of anilines is 1. The fourth-order valence-corrected chi connectivity index (χ4v) is 5.85. The Morgan fingerprint density at radius 2 is 1.92 bits per heavy atom. The van der Waals surface area contributed by atoms with Crippen molar-refractivity contribution in [3.63, 3.8) is 0 Å². The summed E-state index contributed by atoms with van der Waals surface area (Å²) in [6.45, 7) is 1.98. The van der Waals surface area contributed by atoms with Gasteiger partial charge in [-0.25, -0.2) is 4.98 Å². The molecule has 0 saturated carbocycles. The van der Waals surface area contributed by atoms with Crippen LogP contribution in [0.5, 0.6) is 11.5 Å². The van der Waals surface area contributed by atoms with Gasteiger partial charge in [-0.15, -0.1) is 0 Å². The number of hydrogen-bond acceptors (Lipinski definition) is 7. The maximum absolute atomic E-state index is 13.4. The summed E-state index contributed by atoms with van der Waals surface area (Å²) in [7, 11) is 1.59. The van der Waals surface area contributed by atoms with Crippen molar-refractivity contribution < 1.29 is 24.2 Å². The van der Waals surface area contributed by atoms with E-state index in [-0.39, 0.29) is 17.4 Å². The lowest BCUT2D eigenvalue weighted by atomic mass is 9.94. The van der Waals surface area contributed by atoms with E-state index in [9.17, 15) is 14.7 Å². The molecule has 2 atom stereocenters. The second-order valence-corrected chi connectivity index (χ2v) is 9.87. The second kappa shape index (κ2) is 8.49. The van der Waals surface area contributed by atoms with E-state index in [1.54, 1.807) is 25.3 Å². The normalized spacial score (nSPS) is 20.6. The highest BCUT2D eigenvalue weighted by Gasteiger charge is 2.48. The molecule has 6 rings (SSSR count). The first kappa shape index (κ1) is 22.3.